The fourth-order valence-electron chi connectivity index (χ4n) is 4.04. The minimum atomic E-state index is -0.344. The van der Waals surface area contributed by atoms with Gasteiger partial charge in [0.2, 0.25) is 5.96 Å². The minimum Gasteiger partial charge on any atom is -0.403 e. The van der Waals surface area contributed by atoms with Crippen LogP contribution < -0.4 is 16.4 Å². The third-order valence-electron chi connectivity index (χ3n) is 5.94. The van der Waals surface area contributed by atoms with E-state index in [1.54, 1.807) is 18.2 Å². The van der Waals surface area contributed by atoms with Crippen molar-refractivity contribution >= 4 is 17.5 Å². The smallest absolute Gasteiger partial charge is 0.210 e. The van der Waals surface area contributed by atoms with Gasteiger partial charge in [0.25, 0.3) is 0 Å². The second kappa shape index (κ2) is 8.87. The van der Waals surface area contributed by atoms with Crippen LogP contribution in [0.1, 0.15) is 44.9 Å². The van der Waals surface area contributed by atoms with Gasteiger partial charge in [0.05, 0.1) is 11.8 Å². The predicted octanol–water partition coefficient (Wildman–Crippen LogP) is 3.02. The summed E-state index contributed by atoms with van der Waals surface area (Å²) in [7, 11) is 0. The molecule has 0 bridgehead atoms. The van der Waals surface area contributed by atoms with Crippen LogP contribution in [-0.2, 0) is 0 Å². The molecule has 2 fully saturated rings. The topological polar surface area (TPSA) is 98.3 Å². The molecule has 2 saturated carbocycles. The lowest BCUT2D eigenvalue weighted by atomic mass is 9.91. The number of para-hydroxylation sites is 1. The zero-order chi connectivity index (χ0) is 21.1. The Morgan fingerprint density at radius 1 is 1.23 bits per heavy atom. The van der Waals surface area contributed by atoms with Crippen LogP contribution in [0.2, 0.25) is 0 Å². The first-order chi connectivity index (χ1) is 14.5. The Bertz CT molecular complexity index is 883. The second-order valence-corrected chi connectivity index (χ2v) is 8.08. The van der Waals surface area contributed by atoms with E-state index in [0.717, 1.165) is 44.9 Å². The monoisotopic (exact) mass is 412 g/mol. The predicted molar refractivity (Wildman–Crippen MR) is 117 cm³/mol. The van der Waals surface area contributed by atoms with Gasteiger partial charge in [-0.25, -0.2) is 14.4 Å². The zero-order valence-electron chi connectivity index (χ0n) is 17.0. The summed E-state index contributed by atoms with van der Waals surface area (Å²) in [5.41, 5.74) is 6.74. The third kappa shape index (κ3) is 4.33. The summed E-state index contributed by atoms with van der Waals surface area (Å²) in [6.45, 7) is 4.07. The Morgan fingerprint density at radius 2 is 1.97 bits per heavy atom. The summed E-state index contributed by atoms with van der Waals surface area (Å²) in [5.74, 6) is 1.34. The van der Waals surface area contributed by atoms with Gasteiger partial charge >= 0.3 is 0 Å². The molecule has 1 aliphatic heterocycles. The van der Waals surface area contributed by atoms with Gasteiger partial charge in [0.1, 0.15) is 17.3 Å². The van der Waals surface area contributed by atoms with Crippen LogP contribution in [0.4, 0.5) is 10.1 Å². The number of aliphatic hydroxyl groups excluding tert-OH is 1. The van der Waals surface area contributed by atoms with E-state index in [0.29, 0.717) is 29.0 Å². The molecule has 3 aliphatic rings. The molecule has 2 aliphatic carbocycles. The largest absolute Gasteiger partial charge is 0.403 e. The van der Waals surface area contributed by atoms with Crippen molar-refractivity contribution in [2.75, 3.05) is 5.32 Å². The van der Waals surface area contributed by atoms with Crippen molar-refractivity contribution in [3.63, 3.8) is 0 Å². The average molecular weight is 413 g/mol. The number of amidine groups is 1. The first kappa shape index (κ1) is 20.4. The van der Waals surface area contributed by atoms with Crippen LogP contribution in [0.3, 0.4) is 0 Å². The molecule has 1 aromatic rings. The molecule has 1 aromatic carbocycles. The molecule has 1 heterocycles. The number of benzene rings is 1. The first-order valence-electron chi connectivity index (χ1n) is 10.6. The average Bonchev–Trinajstić information content (AvgIpc) is 3.01. The van der Waals surface area contributed by atoms with Gasteiger partial charge in [0, 0.05) is 18.3 Å². The summed E-state index contributed by atoms with van der Waals surface area (Å²) < 4.78 is 14.2. The van der Waals surface area contributed by atoms with Crippen LogP contribution in [0.15, 0.2) is 58.5 Å². The number of nitrogens with one attached hydrogen (secondary N) is 2. The maximum atomic E-state index is 14.2. The molecule has 7 nitrogen and oxygen atoms in total. The Labute approximate surface area is 176 Å². The Kier molecular flexibility index (Phi) is 6.03. The normalized spacial score (nSPS) is 27.1. The summed E-state index contributed by atoms with van der Waals surface area (Å²) >= 11 is 0. The highest BCUT2D eigenvalue weighted by molar-refractivity contribution is 6.18. The summed E-state index contributed by atoms with van der Waals surface area (Å²) in [6.07, 6.45) is 7.69. The van der Waals surface area contributed by atoms with Gasteiger partial charge in [-0.2, -0.15) is 0 Å². The van der Waals surface area contributed by atoms with Crippen LogP contribution in [0, 0.1) is 5.82 Å². The van der Waals surface area contributed by atoms with Crippen LogP contribution >= 0.6 is 0 Å². The van der Waals surface area contributed by atoms with Crippen molar-refractivity contribution in [1.82, 2.24) is 10.2 Å². The minimum absolute atomic E-state index is 0.209. The summed E-state index contributed by atoms with van der Waals surface area (Å²) in [5, 5.41) is 16.2. The van der Waals surface area contributed by atoms with E-state index in [4.69, 9.17) is 10.7 Å². The SMILES string of the molecule is C=C(/N=C1\C(=C/N)N=C(Nc2ccccc2F)N1C1CCC1)N[C@H]1CC[C@H](O)CC1. The standard InChI is InChI=1S/C22H29FN6O/c1-14(25-15-9-11-17(30)12-10-15)26-21-20(13-24)28-22(29(21)16-5-4-6-16)27-19-8-3-2-7-18(19)23/h2-3,7-8,13,15-17,25,30H,1,4-6,9-12,24H2,(H,27,28)/b20-13+,26-21+/t15-,17-. The van der Waals surface area contributed by atoms with E-state index < -0.39 is 0 Å². The van der Waals surface area contributed by atoms with E-state index in [9.17, 15) is 9.50 Å². The van der Waals surface area contributed by atoms with E-state index in [2.05, 4.69) is 22.2 Å². The molecule has 30 heavy (non-hydrogen) atoms. The molecule has 0 aromatic heterocycles. The highest BCUT2D eigenvalue weighted by Gasteiger charge is 2.37. The maximum absolute atomic E-state index is 14.2. The highest BCUT2D eigenvalue weighted by Crippen LogP contribution is 2.31. The number of guanidine groups is 1. The number of aliphatic imine (C=N–C) groups is 2. The summed E-state index contributed by atoms with van der Waals surface area (Å²) in [4.78, 5) is 11.3. The number of halogens is 1. The number of hydrogen-bond donors (Lipinski definition) is 4. The van der Waals surface area contributed by atoms with Crippen molar-refractivity contribution in [1.29, 1.82) is 0 Å². The van der Waals surface area contributed by atoms with Gasteiger partial charge in [-0.3, -0.25) is 4.90 Å². The van der Waals surface area contributed by atoms with Gasteiger partial charge < -0.3 is 21.5 Å². The quantitative estimate of drug-likeness (QED) is 0.596. The Balaban J connectivity index is 1.54. The third-order valence-corrected chi connectivity index (χ3v) is 5.94. The Morgan fingerprint density at radius 3 is 2.60 bits per heavy atom. The first-order valence-corrected chi connectivity index (χ1v) is 10.6. The van der Waals surface area contributed by atoms with Crippen molar-refractivity contribution in [3.05, 3.63) is 54.4 Å². The number of rotatable bonds is 5. The molecular formula is C22H29FN6O. The molecular weight excluding hydrogens is 383 g/mol. The molecule has 0 atom stereocenters. The molecule has 4 rings (SSSR count). The lowest BCUT2D eigenvalue weighted by molar-refractivity contribution is 0.118. The van der Waals surface area contributed by atoms with Crippen LogP contribution in [0.25, 0.3) is 0 Å². The van der Waals surface area contributed by atoms with Crippen molar-refractivity contribution in [3.8, 4) is 0 Å². The molecule has 160 valence electrons. The number of hydrogen-bond acceptors (Lipinski definition) is 6. The number of nitrogens with zero attached hydrogens (tertiary/aromatic N) is 3. The number of anilines is 1. The number of aliphatic hydroxyl groups is 1. The Hall–Kier alpha value is -2.87. The molecule has 0 unspecified atom stereocenters. The van der Waals surface area contributed by atoms with E-state index in [1.165, 1.54) is 12.3 Å². The molecule has 0 radical (unpaired) electrons. The fraction of sp³-hybridized carbons (Fsp3) is 0.455. The lowest BCUT2D eigenvalue weighted by Gasteiger charge is -2.36. The van der Waals surface area contributed by atoms with Crippen molar-refractivity contribution in [2.45, 2.75) is 63.1 Å². The van der Waals surface area contributed by atoms with Crippen LogP contribution in [-0.4, -0.2) is 40.0 Å². The molecule has 8 heteroatoms. The molecule has 5 N–H and O–H groups in total. The van der Waals surface area contributed by atoms with Crippen LogP contribution in [0.5, 0.6) is 0 Å². The van der Waals surface area contributed by atoms with Gasteiger partial charge in [-0.15, -0.1) is 0 Å². The second-order valence-electron chi connectivity index (χ2n) is 8.08. The van der Waals surface area contributed by atoms with Gasteiger partial charge in [0.15, 0.2) is 5.84 Å². The molecule has 0 saturated heterocycles. The molecule has 0 spiro atoms. The van der Waals surface area contributed by atoms with E-state index in [-0.39, 0.29) is 24.0 Å². The summed E-state index contributed by atoms with van der Waals surface area (Å²) in [6, 6.07) is 6.99. The fourth-order valence-corrected chi connectivity index (χ4v) is 4.04. The van der Waals surface area contributed by atoms with Crippen molar-refractivity contribution < 1.29 is 9.50 Å². The zero-order valence-corrected chi connectivity index (χ0v) is 17.0. The van der Waals surface area contributed by atoms with Crippen molar-refractivity contribution in [2.24, 2.45) is 15.7 Å². The maximum Gasteiger partial charge on any atom is 0.210 e. The molecule has 0 amide bonds. The van der Waals surface area contributed by atoms with Gasteiger partial charge in [-0.1, -0.05) is 18.7 Å². The number of nitrogens with two attached hydrogens (primary N) is 1. The van der Waals surface area contributed by atoms with E-state index in [1.807, 2.05) is 4.90 Å². The lowest BCUT2D eigenvalue weighted by Crippen LogP contribution is -2.48. The van der Waals surface area contributed by atoms with Gasteiger partial charge in [-0.05, 0) is 57.1 Å². The highest BCUT2D eigenvalue weighted by atomic mass is 19.1. The van der Waals surface area contributed by atoms with E-state index >= 15 is 0 Å².